The molecule has 0 aromatic heterocycles. The first-order valence-electron chi connectivity index (χ1n) is 7.99. The first-order chi connectivity index (χ1) is 9.81. The molecule has 1 aromatic carbocycles. The molecular formula is C17H25N3. The van der Waals surface area contributed by atoms with E-state index in [4.69, 9.17) is 0 Å². The van der Waals surface area contributed by atoms with Crippen LogP contribution in [-0.4, -0.2) is 18.5 Å². The fourth-order valence-corrected chi connectivity index (χ4v) is 3.21. The third kappa shape index (κ3) is 3.33. The van der Waals surface area contributed by atoms with Crippen LogP contribution in [0.25, 0.3) is 0 Å². The standard InChI is InChI=1S/C17H25N3/c1-13-11-12-18-17(19-13)20-16-9-7-15(8-10-16)14-5-3-2-4-6-14/h7-10,13-14H,2-6,11-12H2,1H3,(H2,18,19,20). The second-order valence-electron chi connectivity index (χ2n) is 6.15. The van der Waals surface area contributed by atoms with Crippen molar-refractivity contribution in [3.05, 3.63) is 29.8 Å². The van der Waals surface area contributed by atoms with Crippen LogP contribution in [0.15, 0.2) is 29.3 Å². The summed E-state index contributed by atoms with van der Waals surface area (Å²) in [6.45, 7) is 3.11. The van der Waals surface area contributed by atoms with Crippen molar-refractivity contribution < 1.29 is 0 Å². The lowest BCUT2D eigenvalue weighted by atomic mass is 9.84. The van der Waals surface area contributed by atoms with E-state index >= 15 is 0 Å². The molecule has 0 amide bonds. The molecular weight excluding hydrogens is 246 g/mol. The predicted molar refractivity (Wildman–Crippen MR) is 85.4 cm³/mol. The summed E-state index contributed by atoms with van der Waals surface area (Å²) >= 11 is 0. The quantitative estimate of drug-likeness (QED) is 0.856. The van der Waals surface area contributed by atoms with Gasteiger partial charge < -0.3 is 10.6 Å². The second-order valence-corrected chi connectivity index (χ2v) is 6.15. The van der Waals surface area contributed by atoms with Gasteiger partial charge in [-0.05, 0) is 49.8 Å². The van der Waals surface area contributed by atoms with E-state index in [0.29, 0.717) is 6.04 Å². The van der Waals surface area contributed by atoms with E-state index in [1.54, 1.807) is 0 Å². The molecule has 1 saturated carbocycles. The van der Waals surface area contributed by atoms with E-state index in [0.717, 1.165) is 30.5 Å². The van der Waals surface area contributed by atoms with Crippen LogP contribution in [0.1, 0.15) is 56.9 Å². The maximum atomic E-state index is 4.48. The van der Waals surface area contributed by atoms with Crippen LogP contribution >= 0.6 is 0 Å². The van der Waals surface area contributed by atoms with Crippen molar-refractivity contribution in [1.29, 1.82) is 0 Å². The number of guanidine groups is 1. The molecule has 1 fully saturated rings. The lowest BCUT2D eigenvalue weighted by Gasteiger charge is -2.23. The van der Waals surface area contributed by atoms with Crippen LogP contribution in [0.4, 0.5) is 5.69 Å². The monoisotopic (exact) mass is 271 g/mol. The van der Waals surface area contributed by atoms with Crippen LogP contribution in [0.3, 0.4) is 0 Å². The van der Waals surface area contributed by atoms with Gasteiger partial charge in [0.05, 0.1) is 0 Å². The van der Waals surface area contributed by atoms with Crippen molar-refractivity contribution in [2.45, 2.75) is 57.4 Å². The minimum Gasteiger partial charge on any atom is -0.354 e. The van der Waals surface area contributed by atoms with Gasteiger partial charge in [-0.25, -0.2) is 0 Å². The van der Waals surface area contributed by atoms with Gasteiger partial charge in [-0.3, -0.25) is 4.99 Å². The van der Waals surface area contributed by atoms with Gasteiger partial charge >= 0.3 is 0 Å². The first-order valence-corrected chi connectivity index (χ1v) is 7.99. The fourth-order valence-electron chi connectivity index (χ4n) is 3.21. The van der Waals surface area contributed by atoms with E-state index in [1.165, 1.54) is 37.7 Å². The summed E-state index contributed by atoms with van der Waals surface area (Å²) in [5.41, 5.74) is 2.63. The summed E-state index contributed by atoms with van der Waals surface area (Å²) in [5, 5.41) is 6.76. The largest absolute Gasteiger partial charge is 0.354 e. The highest BCUT2D eigenvalue weighted by Crippen LogP contribution is 2.32. The van der Waals surface area contributed by atoms with Gasteiger partial charge in [-0.15, -0.1) is 0 Å². The maximum absolute atomic E-state index is 4.48. The molecule has 3 heteroatoms. The summed E-state index contributed by atoms with van der Waals surface area (Å²) in [6.07, 6.45) is 8.04. The van der Waals surface area contributed by atoms with E-state index < -0.39 is 0 Å². The zero-order chi connectivity index (χ0) is 13.8. The van der Waals surface area contributed by atoms with Crippen molar-refractivity contribution >= 4 is 11.6 Å². The summed E-state index contributed by atoms with van der Waals surface area (Å²) < 4.78 is 0. The van der Waals surface area contributed by atoms with Gasteiger partial charge in [0, 0.05) is 18.3 Å². The van der Waals surface area contributed by atoms with Gasteiger partial charge in [0.25, 0.3) is 0 Å². The molecule has 1 aliphatic heterocycles. The third-order valence-corrected chi connectivity index (χ3v) is 4.47. The van der Waals surface area contributed by atoms with Gasteiger partial charge in [0.1, 0.15) is 0 Å². The highest BCUT2D eigenvalue weighted by molar-refractivity contribution is 5.94. The number of nitrogens with one attached hydrogen (secondary N) is 2. The Morgan fingerprint density at radius 3 is 2.50 bits per heavy atom. The molecule has 0 radical (unpaired) electrons. The minimum atomic E-state index is 0.511. The molecule has 108 valence electrons. The van der Waals surface area contributed by atoms with Crippen LogP contribution in [0.2, 0.25) is 0 Å². The van der Waals surface area contributed by atoms with E-state index in [-0.39, 0.29) is 0 Å². The lowest BCUT2D eigenvalue weighted by molar-refractivity contribution is 0.443. The van der Waals surface area contributed by atoms with Gasteiger partial charge in [-0.2, -0.15) is 0 Å². The van der Waals surface area contributed by atoms with Gasteiger partial charge in [0.15, 0.2) is 5.96 Å². The number of rotatable bonds is 2. The summed E-state index contributed by atoms with van der Waals surface area (Å²) in [7, 11) is 0. The van der Waals surface area contributed by atoms with Crippen LogP contribution in [0, 0.1) is 0 Å². The maximum Gasteiger partial charge on any atom is 0.196 e. The summed E-state index contributed by atoms with van der Waals surface area (Å²) in [5.74, 6) is 1.69. The molecule has 2 aliphatic rings. The minimum absolute atomic E-state index is 0.511. The van der Waals surface area contributed by atoms with E-state index in [1.807, 2.05) is 0 Å². The zero-order valence-electron chi connectivity index (χ0n) is 12.4. The van der Waals surface area contributed by atoms with Crippen LogP contribution in [0.5, 0.6) is 0 Å². The Labute approximate surface area is 121 Å². The van der Waals surface area contributed by atoms with Crippen molar-refractivity contribution in [3.8, 4) is 0 Å². The van der Waals surface area contributed by atoms with Crippen molar-refractivity contribution in [2.75, 3.05) is 11.9 Å². The molecule has 1 unspecified atom stereocenters. The second kappa shape index (κ2) is 6.29. The molecule has 1 aliphatic carbocycles. The molecule has 1 aromatic rings. The molecule has 20 heavy (non-hydrogen) atoms. The van der Waals surface area contributed by atoms with Crippen LogP contribution in [-0.2, 0) is 0 Å². The number of benzene rings is 1. The topological polar surface area (TPSA) is 36.4 Å². The molecule has 2 N–H and O–H groups in total. The highest BCUT2D eigenvalue weighted by Gasteiger charge is 2.15. The summed E-state index contributed by atoms with van der Waals surface area (Å²) in [4.78, 5) is 4.48. The van der Waals surface area contributed by atoms with Crippen molar-refractivity contribution in [3.63, 3.8) is 0 Å². The Morgan fingerprint density at radius 1 is 1.05 bits per heavy atom. The van der Waals surface area contributed by atoms with E-state index in [2.05, 4.69) is 46.8 Å². The smallest absolute Gasteiger partial charge is 0.196 e. The Balaban J connectivity index is 1.62. The number of anilines is 1. The first kappa shape index (κ1) is 13.5. The van der Waals surface area contributed by atoms with Crippen LogP contribution < -0.4 is 10.6 Å². The molecule has 3 rings (SSSR count). The zero-order valence-corrected chi connectivity index (χ0v) is 12.4. The number of hydrogen-bond acceptors (Lipinski definition) is 3. The Bertz CT molecular complexity index is 458. The van der Waals surface area contributed by atoms with E-state index in [9.17, 15) is 0 Å². The Hall–Kier alpha value is -1.51. The summed E-state index contributed by atoms with van der Waals surface area (Å²) in [6, 6.07) is 9.45. The predicted octanol–water partition coefficient (Wildman–Crippen LogP) is 3.88. The fraction of sp³-hybridized carbons (Fsp3) is 0.588. The average molecular weight is 271 g/mol. The highest BCUT2D eigenvalue weighted by atomic mass is 15.2. The Morgan fingerprint density at radius 2 is 1.80 bits per heavy atom. The molecule has 0 bridgehead atoms. The number of nitrogens with zero attached hydrogens (tertiary/aromatic N) is 1. The lowest BCUT2D eigenvalue weighted by Crippen LogP contribution is -2.41. The Kier molecular flexibility index (Phi) is 4.24. The van der Waals surface area contributed by atoms with Crippen molar-refractivity contribution in [1.82, 2.24) is 5.32 Å². The molecule has 0 spiro atoms. The van der Waals surface area contributed by atoms with Crippen molar-refractivity contribution in [2.24, 2.45) is 4.99 Å². The number of aliphatic imine (C=N–C) groups is 1. The third-order valence-electron chi connectivity index (χ3n) is 4.47. The normalized spacial score (nSPS) is 23.9. The molecule has 1 heterocycles. The number of hydrogen-bond donors (Lipinski definition) is 2. The molecule has 3 nitrogen and oxygen atoms in total. The van der Waals surface area contributed by atoms with Gasteiger partial charge in [-0.1, -0.05) is 31.4 Å². The van der Waals surface area contributed by atoms with Gasteiger partial charge in [0.2, 0.25) is 0 Å². The SMILES string of the molecule is CC1CCN=C(Nc2ccc(C3CCCCC3)cc2)N1. The average Bonchev–Trinajstić information content (AvgIpc) is 2.49. The molecule has 0 saturated heterocycles. The molecule has 1 atom stereocenters.